The maximum atomic E-state index is 13.4. The zero-order valence-electron chi connectivity index (χ0n) is 17.3. The highest BCUT2D eigenvalue weighted by Crippen LogP contribution is 2.33. The fourth-order valence-electron chi connectivity index (χ4n) is 3.79. The summed E-state index contributed by atoms with van der Waals surface area (Å²) in [4.78, 5) is 30.2. The third-order valence-corrected chi connectivity index (χ3v) is 5.71. The Morgan fingerprint density at radius 1 is 1.07 bits per heavy atom. The van der Waals surface area contributed by atoms with E-state index >= 15 is 0 Å². The van der Waals surface area contributed by atoms with Crippen molar-refractivity contribution in [1.29, 1.82) is 0 Å². The highest BCUT2D eigenvalue weighted by atomic mass is 35.5. The highest BCUT2D eigenvalue weighted by Gasteiger charge is 2.33. The maximum Gasteiger partial charge on any atom is 0.251 e. The van der Waals surface area contributed by atoms with Crippen molar-refractivity contribution in [2.45, 2.75) is 39.2 Å². The van der Waals surface area contributed by atoms with Gasteiger partial charge in [-0.05, 0) is 42.7 Å². The van der Waals surface area contributed by atoms with Crippen LogP contribution < -0.4 is 15.1 Å². The van der Waals surface area contributed by atoms with Crippen LogP contribution in [0.15, 0.2) is 42.5 Å². The normalized spacial score (nSPS) is 16.3. The molecule has 0 bridgehead atoms. The molecular weight excluding hydrogens is 421 g/mol. The molecule has 0 saturated heterocycles. The van der Waals surface area contributed by atoms with Crippen LogP contribution in [0.1, 0.15) is 32.3 Å². The zero-order chi connectivity index (χ0) is 21.7. The minimum absolute atomic E-state index is 0.0848. The third kappa shape index (κ3) is 5.08. The van der Waals surface area contributed by atoms with Gasteiger partial charge in [-0.1, -0.05) is 55.2 Å². The van der Waals surface area contributed by atoms with Crippen LogP contribution in [0, 0.1) is 0 Å². The van der Waals surface area contributed by atoms with Gasteiger partial charge in [0.05, 0.1) is 17.8 Å². The molecule has 0 fully saturated rings. The van der Waals surface area contributed by atoms with Crippen LogP contribution in [-0.2, 0) is 16.0 Å². The van der Waals surface area contributed by atoms with E-state index in [0.717, 1.165) is 30.8 Å². The quantitative estimate of drug-likeness (QED) is 0.669. The van der Waals surface area contributed by atoms with Gasteiger partial charge in [-0.25, -0.2) is 0 Å². The molecule has 1 unspecified atom stereocenters. The number of nitrogens with one attached hydrogen (secondary N) is 1. The van der Waals surface area contributed by atoms with Gasteiger partial charge in [0.1, 0.15) is 6.04 Å². The summed E-state index contributed by atoms with van der Waals surface area (Å²) in [7, 11) is 0. The molecule has 30 heavy (non-hydrogen) atoms. The summed E-state index contributed by atoms with van der Waals surface area (Å²) in [6.45, 7) is 5.99. The summed E-state index contributed by atoms with van der Waals surface area (Å²) in [5.41, 5.74) is 2.60. The van der Waals surface area contributed by atoms with E-state index in [-0.39, 0.29) is 18.2 Å². The van der Waals surface area contributed by atoms with Crippen molar-refractivity contribution in [1.82, 2.24) is 5.32 Å². The molecular formula is C23H27Cl2N3O2. The molecule has 3 rings (SSSR count). The fourth-order valence-corrected chi connectivity index (χ4v) is 4.27. The number of benzene rings is 2. The molecule has 5 nitrogen and oxygen atoms in total. The lowest BCUT2D eigenvalue weighted by Crippen LogP contribution is -2.52. The number of amides is 2. The summed E-state index contributed by atoms with van der Waals surface area (Å²) < 4.78 is 0. The SMILES string of the molecule is CCCN1CC(NC(=O)Cc2ccc(Cl)cc2Cl)C(=O)N(CCC)c2ccccc21. The number of halogens is 2. The molecule has 1 aliphatic rings. The number of rotatable bonds is 7. The minimum Gasteiger partial charge on any atom is -0.367 e. The lowest BCUT2D eigenvalue weighted by atomic mass is 10.1. The Kier molecular flexibility index (Phi) is 7.62. The van der Waals surface area contributed by atoms with Crippen molar-refractivity contribution in [3.63, 3.8) is 0 Å². The Hall–Kier alpha value is -2.24. The molecule has 7 heteroatoms. The van der Waals surface area contributed by atoms with Crippen LogP contribution in [0.4, 0.5) is 11.4 Å². The smallest absolute Gasteiger partial charge is 0.251 e. The topological polar surface area (TPSA) is 52.7 Å². The second-order valence-corrected chi connectivity index (χ2v) is 8.30. The minimum atomic E-state index is -0.630. The van der Waals surface area contributed by atoms with Crippen molar-refractivity contribution in [3.8, 4) is 0 Å². The van der Waals surface area contributed by atoms with E-state index in [1.807, 2.05) is 31.2 Å². The molecule has 0 spiro atoms. The van der Waals surface area contributed by atoms with Gasteiger partial charge in [0, 0.05) is 29.7 Å². The Balaban J connectivity index is 1.84. The predicted octanol–water partition coefficient (Wildman–Crippen LogP) is 4.69. The molecule has 0 aliphatic carbocycles. The van der Waals surface area contributed by atoms with Crippen LogP contribution in [0.2, 0.25) is 10.0 Å². The summed E-state index contributed by atoms with van der Waals surface area (Å²) in [5, 5.41) is 3.91. The molecule has 1 atom stereocenters. The number of hydrogen-bond acceptors (Lipinski definition) is 3. The predicted molar refractivity (Wildman–Crippen MR) is 124 cm³/mol. The molecule has 0 radical (unpaired) electrons. The van der Waals surface area contributed by atoms with Gasteiger partial charge in [0.2, 0.25) is 5.91 Å². The van der Waals surface area contributed by atoms with Gasteiger partial charge in [0.25, 0.3) is 5.91 Å². The first kappa shape index (κ1) is 22.4. The van der Waals surface area contributed by atoms with Gasteiger partial charge in [-0.15, -0.1) is 0 Å². The van der Waals surface area contributed by atoms with E-state index in [1.54, 1.807) is 23.1 Å². The Morgan fingerprint density at radius 3 is 2.43 bits per heavy atom. The average Bonchev–Trinajstić information content (AvgIpc) is 2.82. The third-order valence-electron chi connectivity index (χ3n) is 5.12. The van der Waals surface area contributed by atoms with Crippen LogP contribution in [0.25, 0.3) is 0 Å². The first-order chi connectivity index (χ1) is 14.4. The fraction of sp³-hybridized carbons (Fsp3) is 0.391. The zero-order valence-corrected chi connectivity index (χ0v) is 18.8. The van der Waals surface area contributed by atoms with Crippen molar-refractivity contribution in [3.05, 3.63) is 58.1 Å². The second kappa shape index (κ2) is 10.2. The van der Waals surface area contributed by atoms with Crippen LogP contribution in [-0.4, -0.2) is 37.5 Å². The van der Waals surface area contributed by atoms with E-state index in [4.69, 9.17) is 23.2 Å². The molecule has 0 aromatic heterocycles. The van der Waals surface area contributed by atoms with Gasteiger partial charge in [-0.2, -0.15) is 0 Å². The Morgan fingerprint density at radius 2 is 1.77 bits per heavy atom. The molecule has 2 aromatic carbocycles. The van der Waals surface area contributed by atoms with Crippen LogP contribution in [0.5, 0.6) is 0 Å². The van der Waals surface area contributed by atoms with Crippen LogP contribution in [0.3, 0.4) is 0 Å². The van der Waals surface area contributed by atoms with Gasteiger partial charge in [0.15, 0.2) is 0 Å². The van der Waals surface area contributed by atoms with Gasteiger partial charge in [-0.3, -0.25) is 9.59 Å². The van der Waals surface area contributed by atoms with Crippen molar-refractivity contribution < 1.29 is 9.59 Å². The molecule has 1 N–H and O–H groups in total. The largest absolute Gasteiger partial charge is 0.367 e. The standard InChI is InChI=1S/C23H27Cl2N3O2/c1-3-11-27-15-19(26-22(29)13-16-9-10-17(24)14-18(16)25)23(30)28(12-4-2)21-8-6-5-7-20(21)27/h5-10,14,19H,3-4,11-13,15H2,1-2H3,(H,26,29). The van der Waals surface area contributed by atoms with Crippen molar-refractivity contribution in [2.24, 2.45) is 0 Å². The number of nitrogens with zero attached hydrogens (tertiary/aromatic N) is 2. The molecule has 0 saturated carbocycles. The molecule has 1 heterocycles. The molecule has 2 amide bonds. The van der Waals surface area contributed by atoms with Crippen molar-refractivity contribution in [2.75, 3.05) is 29.4 Å². The van der Waals surface area contributed by atoms with E-state index in [1.165, 1.54) is 0 Å². The van der Waals surface area contributed by atoms with E-state index in [9.17, 15) is 9.59 Å². The lowest BCUT2D eigenvalue weighted by Gasteiger charge is -2.26. The van der Waals surface area contributed by atoms with Crippen LogP contribution >= 0.6 is 23.2 Å². The van der Waals surface area contributed by atoms with Crippen molar-refractivity contribution >= 4 is 46.4 Å². The van der Waals surface area contributed by atoms with E-state index in [0.29, 0.717) is 28.7 Å². The highest BCUT2D eigenvalue weighted by molar-refractivity contribution is 6.35. The summed E-state index contributed by atoms with van der Waals surface area (Å²) in [6, 6.07) is 12.4. The van der Waals surface area contributed by atoms with E-state index in [2.05, 4.69) is 17.1 Å². The Bertz CT molecular complexity index is 919. The average molecular weight is 448 g/mol. The number of para-hydroxylation sites is 2. The summed E-state index contributed by atoms with van der Waals surface area (Å²) in [6.07, 6.45) is 1.86. The van der Waals surface area contributed by atoms with E-state index < -0.39 is 6.04 Å². The first-order valence-electron chi connectivity index (χ1n) is 10.3. The molecule has 1 aliphatic heterocycles. The Labute approximate surface area is 187 Å². The number of fused-ring (bicyclic) bond motifs is 1. The molecule has 160 valence electrons. The number of anilines is 2. The monoisotopic (exact) mass is 447 g/mol. The first-order valence-corrected chi connectivity index (χ1v) is 11.1. The number of carbonyl (C=O) groups excluding carboxylic acids is 2. The lowest BCUT2D eigenvalue weighted by molar-refractivity contribution is -0.127. The second-order valence-electron chi connectivity index (χ2n) is 7.46. The maximum absolute atomic E-state index is 13.4. The summed E-state index contributed by atoms with van der Waals surface area (Å²) >= 11 is 12.2. The van der Waals surface area contributed by atoms with Gasteiger partial charge < -0.3 is 15.1 Å². The molecule has 2 aromatic rings. The summed E-state index contributed by atoms with van der Waals surface area (Å²) in [5.74, 6) is -0.324. The number of hydrogen-bond donors (Lipinski definition) is 1. The number of carbonyl (C=O) groups is 2. The van der Waals surface area contributed by atoms with Gasteiger partial charge >= 0.3 is 0 Å².